The number of carbonyl (C=O) groups excluding carboxylic acids is 1. The maximum Gasteiger partial charge on any atom is 0.264 e. The minimum Gasteiger partial charge on any atom is -0.510 e. The highest BCUT2D eigenvalue weighted by atomic mass is 16.3. The second kappa shape index (κ2) is 1.48. The number of nitrogens with zero attached hydrogens (tertiary/aromatic N) is 1. The van der Waals surface area contributed by atoms with Gasteiger partial charge in [-0.3, -0.25) is 9.80 Å². The summed E-state index contributed by atoms with van der Waals surface area (Å²) in [5, 5.41) is 9.53. The third kappa shape index (κ3) is 0.651. The lowest BCUT2D eigenvalue weighted by molar-refractivity contribution is -0.124. The van der Waals surface area contributed by atoms with Gasteiger partial charge >= 0.3 is 0 Å². The first-order valence-corrected chi connectivity index (χ1v) is 2.16. The average molecular weight is 114 g/mol. The first-order chi connectivity index (χ1) is 3.70. The molecule has 1 aliphatic heterocycles. The number of aliphatic hydroxyl groups excluding tert-OH is 1. The predicted octanol–water partition coefficient (Wildman–Crippen LogP) is -0.856. The Balaban J connectivity index is 2.70. The minimum absolute atomic E-state index is 0.0255. The third-order valence-electron chi connectivity index (χ3n) is 0.906. The molecule has 0 aromatic rings. The molecular weight excluding hydrogens is 108 g/mol. The van der Waals surface area contributed by atoms with Gasteiger partial charge in [0.15, 0.2) is 0 Å². The number of amides is 1. The molecule has 4 heteroatoms. The van der Waals surface area contributed by atoms with Crippen molar-refractivity contribution >= 4 is 5.91 Å². The van der Waals surface area contributed by atoms with Gasteiger partial charge in [-0.2, -0.15) is 0 Å². The van der Waals surface area contributed by atoms with E-state index >= 15 is 0 Å². The second-order valence-corrected chi connectivity index (χ2v) is 1.60. The molecule has 44 valence electrons. The molecule has 4 nitrogen and oxygen atoms in total. The van der Waals surface area contributed by atoms with Crippen LogP contribution in [-0.2, 0) is 4.79 Å². The number of rotatable bonds is 0. The van der Waals surface area contributed by atoms with Gasteiger partial charge in [-0.1, -0.05) is 0 Å². The molecule has 8 heavy (non-hydrogen) atoms. The third-order valence-corrected chi connectivity index (χ3v) is 0.906. The summed E-state index contributed by atoms with van der Waals surface area (Å²) in [5.74, 6) is 4.72. The van der Waals surface area contributed by atoms with Crippen LogP contribution in [0.15, 0.2) is 11.8 Å². The molecule has 0 radical (unpaired) electrons. The fourth-order valence-corrected chi connectivity index (χ4v) is 0.524. The van der Waals surface area contributed by atoms with Crippen LogP contribution in [0.1, 0.15) is 0 Å². The van der Waals surface area contributed by atoms with Crippen molar-refractivity contribution in [3.8, 4) is 0 Å². The topological polar surface area (TPSA) is 66.6 Å². The molecule has 0 saturated carbocycles. The van der Waals surface area contributed by atoms with E-state index < -0.39 is 0 Å². The van der Waals surface area contributed by atoms with Gasteiger partial charge in [-0.05, 0) is 0 Å². The van der Waals surface area contributed by atoms with Gasteiger partial charge < -0.3 is 5.11 Å². The highest BCUT2D eigenvalue weighted by Crippen LogP contribution is 2.00. The summed E-state index contributed by atoms with van der Waals surface area (Å²) in [6.45, 7) is 0.138. The molecule has 3 N–H and O–H groups in total. The number of aliphatic hydroxyl groups is 1. The van der Waals surface area contributed by atoms with Crippen molar-refractivity contribution in [2.24, 2.45) is 5.84 Å². The van der Waals surface area contributed by atoms with Gasteiger partial charge in [0.1, 0.15) is 5.76 Å². The normalized spacial score (nSPS) is 19.4. The van der Waals surface area contributed by atoms with E-state index in [0.29, 0.717) is 0 Å². The minimum atomic E-state index is -0.345. The van der Waals surface area contributed by atoms with E-state index in [4.69, 9.17) is 10.9 Å². The fraction of sp³-hybridized carbons (Fsp3) is 0.250. The lowest BCUT2D eigenvalue weighted by atomic mass is 10.5. The molecule has 0 aliphatic carbocycles. The van der Waals surface area contributed by atoms with E-state index in [1.165, 1.54) is 0 Å². The SMILES string of the molecule is NN1CC(O)=CC1=O. The second-order valence-electron chi connectivity index (χ2n) is 1.60. The van der Waals surface area contributed by atoms with Crippen molar-refractivity contribution in [2.75, 3.05) is 6.54 Å². The molecule has 0 aromatic carbocycles. The van der Waals surface area contributed by atoms with E-state index in [1.807, 2.05) is 0 Å². The quantitative estimate of drug-likeness (QED) is 0.318. The number of carbonyl (C=O) groups is 1. The molecule has 0 spiro atoms. The molecule has 1 amide bonds. The molecule has 0 aromatic heterocycles. The molecule has 1 aliphatic rings. The van der Waals surface area contributed by atoms with Crippen LogP contribution in [0.4, 0.5) is 0 Å². The molecular formula is C4H6N2O2. The van der Waals surface area contributed by atoms with Crippen LogP contribution in [0, 0.1) is 0 Å². The van der Waals surface area contributed by atoms with Crippen LogP contribution in [0.5, 0.6) is 0 Å². The zero-order valence-electron chi connectivity index (χ0n) is 4.16. The van der Waals surface area contributed by atoms with Crippen LogP contribution in [0.25, 0.3) is 0 Å². The molecule has 0 bridgehead atoms. The van der Waals surface area contributed by atoms with Crippen molar-refractivity contribution in [3.63, 3.8) is 0 Å². The van der Waals surface area contributed by atoms with E-state index in [9.17, 15) is 4.79 Å². The lowest BCUT2D eigenvalue weighted by Crippen LogP contribution is -2.32. The Bertz CT molecular complexity index is 152. The summed E-state index contributed by atoms with van der Waals surface area (Å²) >= 11 is 0. The van der Waals surface area contributed by atoms with Gasteiger partial charge in [-0.25, -0.2) is 5.84 Å². The van der Waals surface area contributed by atoms with Gasteiger partial charge in [0, 0.05) is 6.08 Å². The van der Waals surface area contributed by atoms with Crippen LogP contribution < -0.4 is 5.84 Å². The summed E-state index contributed by atoms with van der Waals surface area (Å²) in [5.41, 5.74) is 0. The molecule has 0 unspecified atom stereocenters. The summed E-state index contributed by atoms with van der Waals surface area (Å²) < 4.78 is 0. The van der Waals surface area contributed by atoms with Crippen molar-refractivity contribution in [1.29, 1.82) is 0 Å². The van der Waals surface area contributed by atoms with E-state index in [0.717, 1.165) is 11.1 Å². The molecule has 1 rings (SSSR count). The molecule has 0 atom stereocenters. The number of hydrogen-bond donors (Lipinski definition) is 2. The van der Waals surface area contributed by atoms with Gasteiger partial charge in [0.25, 0.3) is 5.91 Å². The summed E-state index contributed by atoms with van der Waals surface area (Å²) in [7, 11) is 0. The summed E-state index contributed by atoms with van der Waals surface area (Å²) in [6, 6.07) is 0. The van der Waals surface area contributed by atoms with Gasteiger partial charge in [0.05, 0.1) is 6.54 Å². The molecule has 0 saturated heterocycles. The predicted molar refractivity (Wildman–Crippen MR) is 26.6 cm³/mol. The Morgan fingerprint density at radius 1 is 1.88 bits per heavy atom. The summed E-state index contributed by atoms with van der Waals surface area (Å²) in [4.78, 5) is 10.3. The average Bonchev–Trinajstić information content (AvgIpc) is 1.85. The molecule has 1 heterocycles. The van der Waals surface area contributed by atoms with Crippen molar-refractivity contribution in [1.82, 2.24) is 5.01 Å². The van der Waals surface area contributed by atoms with Crippen LogP contribution >= 0.6 is 0 Å². The monoisotopic (exact) mass is 114 g/mol. The largest absolute Gasteiger partial charge is 0.510 e. The number of nitrogens with two attached hydrogens (primary N) is 1. The highest BCUT2D eigenvalue weighted by molar-refractivity contribution is 5.90. The Labute approximate surface area is 46.2 Å². The first-order valence-electron chi connectivity index (χ1n) is 2.16. The number of hydrazine groups is 1. The smallest absolute Gasteiger partial charge is 0.264 e. The molecule has 0 fully saturated rings. The van der Waals surface area contributed by atoms with Crippen LogP contribution in [0.2, 0.25) is 0 Å². The van der Waals surface area contributed by atoms with Crippen molar-refractivity contribution in [3.05, 3.63) is 11.8 Å². The zero-order chi connectivity index (χ0) is 6.15. The van der Waals surface area contributed by atoms with Crippen molar-refractivity contribution < 1.29 is 9.90 Å². The standard InChI is InChI=1S/C4H6N2O2/c5-6-2-3(7)1-4(6)8/h1,7H,2,5H2. The van der Waals surface area contributed by atoms with Gasteiger partial charge in [-0.15, -0.1) is 0 Å². The Morgan fingerprint density at radius 2 is 2.50 bits per heavy atom. The van der Waals surface area contributed by atoms with Gasteiger partial charge in [0.2, 0.25) is 0 Å². The zero-order valence-corrected chi connectivity index (χ0v) is 4.16. The Kier molecular flexibility index (Phi) is 0.948. The van der Waals surface area contributed by atoms with E-state index in [-0.39, 0.29) is 18.2 Å². The Morgan fingerprint density at radius 3 is 2.62 bits per heavy atom. The van der Waals surface area contributed by atoms with E-state index in [1.54, 1.807) is 0 Å². The Hall–Kier alpha value is -1.03. The fourth-order valence-electron chi connectivity index (χ4n) is 0.524. The van der Waals surface area contributed by atoms with Crippen LogP contribution in [-0.4, -0.2) is 22.6 Å². The lowest BCUT2D eigenvalue weighted by Gasteiger charge is -2.03. The van der Waals surface area contributed by atoms with Crippen molar-refractivity contribution in [2.45, 2.75) is 0 Å². The highest BCUT2D eigenvalue weighted by Gasteiger charge is 2.16. The van der Waals surface area contributed by atoms with Crippen LogP contribution in [0.3, 0.4) is 0 Å². The maximum absolute atomic E-state index is 10.3. The van der Waals surface area contributed by atoms with E-state index in [2.05, 4.69) is 0 Å². The first kappa shape index (κ1) is 5.11. The maximum atomic E-state index is 10.3. The summed E-state index contributed by atoms with van der Waals surface area (Å²) in [6.07, 6.45) is 1.10. The number of hydrogen-bond acceptors (Lipinski definition) is 3.